The lowest BCUT2D eigenvalue weighted by Crippen LogP contribution is -2.51. The number of hydrogen-bond donors (Lipinski definition) is 2. The Hall–Kier alpha value is -1.14. The van der Waals surface area contributed by atoms with Crippen LogP contribution in [0.1, 0.15) is 33.1 Å². The van der Waals surface area contributed by atoms with E-state index in [-0.39, 0.29) is 11.9 Å². The number of rotatable bonds is 6. The molecule has 0 bridgehead atoms. The SMILES string of the molecule is CON1CCC[C@H]1C(=O)N[C@@H](CC(C)C)C(N)=O. The molecule has 0 unspecified atom stereocenters. The third-order valence-electron chi connectivity index (χ3n) is 3.11. The molecule has 0 radical (unpaired) electrons. The predicted octanol–water partition coefficient (Wildman–Crippen LogP) is 0.0284. The second kappa shape index (κ2) is 6.70. The molecule has 6 heteroatoms. The van der Waals surface area contributed by atoms with E-state index in [1.165, 1.54) is 0 Å². The van der Waals surface area contributed by atoms with Gasteiger partial charge in [0.2, 0.25) is 11.8 Å². The zero-order chi connectivity index (χ0) is 13.7. The van der Waals surface area contributed by atoms with Gasteiger partial charge in [-0.2, -0.15) is 5.06 Å². The first-order chi connectivity index (χ1) is 8.45. The van der Waals surface area contributed by atoms with Crippen LogP contribution in [0.5, 0.6) is 0 Å². The Kier molecular flexibility index (Phi) is 5.55. The number of nitrogens with one attached hydrogen (secondary N) is 1. The fraction of sp³-hybridized carbons (Fsp3) is 0.833. The van der Waals surface area contributed by atoms with Crippen LogP contribution in [0.25, 0.3) is 0 Å². The highest BCUT2D eigenvalue weighted by Crippen LogP contribution is 2.17. The van der Waals surface area contributed by atoms with Crippen molar-refractivity contribution in [2.24, 2.45) is 11.7 Å². The van der Waals surface area contributed by atoms with Crippen LogP contribution in [0, 0.1) is 5.92 Å². The molecule has 3 N–H and O–H groups in total. The molecular formula is C12H23N3O3. The zero-order valence-corrected chi connectivity index (χ0v) is 11.3. The van der Waals surface area contributed by atoms with Gasteiger partial charge in [-0.15, -0.1) is 0 Å². The van der Waals surface area contributed by atoms with Crippen LogP contribution in [0.2, 0.25) is 0 Å². The quantitative estimate of drug-likeness (QED) is 0.703. The van der Waals surface area contributed by atoms with E-state index >= 15 is 0 Å². The van der Waals surface area contributed by atoms with Crippen molar-refractivity contribution in [3.63, 3.8) is 0 Å². The lowest BCUT2D eigenvalue weighted by molar-refractivity contribution is -0.161. The Labute approximate surface area is 108 Å². The fourth-order valence-electron chi connectivity index (χ4n) is 2.21. The molecule has 0 saturated carbocycles. The number of nitrogens with two attached hydrogens (primary N) is 1. The van der Waals surface area contributed by atoms with Crippen LogP contribution in [0.4, 0.5) is 0 Å². The molecule has 6 nitrogen and oxygen atoms in total. The number of carbonyl (C=O) groups excluding carboxylic acids is 2. The summed E-state index contributed by atoms with van der Waals surface area (Å²) in [6.07, 6.45) is 2.21. The summed E-state index contributed by atoms with van der Waals surface area (Å²) in [7, 11) is 1.55. The van der Waals surface area contributed by atoms with Crippen molar-refractivity contribution in [2.45, 2.75) is 45.2 Å². The standard InChI is InChI=1S/C12H23N3O3/c1-8(2)7-9(11(13)16)14-12(17)10-5-4-6-15(10)18-3/h8-10H,4-7H2,1-3H3,(H2,13,16)(H,14,17)/t9-,10-/m0/s1. The van der Waals surface area contributed by atoms with Crippen LogP contribution in [-0.2, 0) is 14.4 Å². The Balaban J connectivity index is 2.58. The van der Waals surface area contributed by atoms with Crippen LogP contribution < -0.4 is 11.1 Å². The topological polar surface area (TPSA) is 84.7 Å². The van der Waals surface area contributed by atoms with Crippen molar-refractivity contribution < 1.29 is 14.4 Å². The van der Waals surface area contributed by atoms with Gasteiger partial charge in [0.1, 0.15) is 12.1 Å². The Morgan fingerprint density at radius 2 is 2.17 bits per heavy atom. The normalized spacial score (nSPS) is 22.1. The summed E-state index contributed by atoms with van der Waals surface area (Å²) >= 11 is 0. The van der Waals surface area contributed by atoms with E-state index in [1.807, 2.05) is 13.8 Å². The molecule has 1 fully saturated rings. The van der Waals surface area contributed by atoms with E-state index in [2.05, 4.69) is 5.32 Å². The largest absolute Gasteiger partial charge is 0.368 e. The van der Waals surface area contributed by atoms with Gasteiger partial charge < -0.3 is 15.9 Å². The van der Waals surface area contributed by atoms with Gasteiger partial charge in [-0.1, -0.05) is 13.8 Å². The number of hydroxylamine groups is 2. The van der Waals surface area contributed by atoms with Gasteiger partial charge in [0.15, 0.2) is 0 Å². The van der Waals surface area contributed by atoms with Crippen molar-refractivity contribution in [1.82, 2.24) is 10.4 Å². The molecule has 1 rings (SSSR count). The summed E-state index contributed by atoms with van der Waals surface area (Å²) in [5, 5.41) is 4.36. The van der Waals surface area contributed by atoms with Gasteiger partial charge in [-0.05, 0) is 25.2 Å². The molecule has 0 aromatic rings. The molecule has 18 heavy (non-hydrogen) atoms. The van der Waals surface area contributed by atoms with E-state index in [0.29, 0.717) is 12.3 Å². The Morgan fingerprint density at radius 3 is 2.67 bits per heavy atom. The van der Waals surface area contributed by atoms with Crippen molar-refractivity contribution in [2.75, 3.05) is 13.7 Å². The van der Waals surface area contributed by atoms with Crippen molar-refractivity contribution in [3.05, 3.63) is 0 Å². The average Bonchev–Trinajstić information content (AvgIpc) is 2.75. The van der Waals surface area contributed by atoms with Gasteiger partial charge in [-0.3, -0.25) is 9.59 Å². The molecule has 1 aliphatic heterocycles. The van der Waals surface area contributed by atoms with Crippen molar-refractivity contribution >= 4 is 11.8 Å². The number of carbonyl (C=O) groups is 2. The maximum Gasteiger partial charge on any atom is 0.240 e. The minimum Gasteiger partial charge on any atom is -0.368 e. The maximum absolute atomic E-state index is 12.1. The first kappa shape index (κ1) is 14.9. The Morgan fingerprint density at radius 1 is 1.50 bits per heavy atom. The minimum absolute atomic E-state index is 0.182. The second-order valence-corrected chi connectivity index (χ2v) is 5.07. The molecule has 2 amide bonds. The monoisotopic (exact) mass is 257 g/mol. The summed E-state index contributed by atoms with van der Waals surface area (Å²) < 4.78 is 0. The number of primary amides is 1. The van der Waals surface area contributed by atoms with Gasteiger partial charge in [0.25, 0.3) is 0 Å². The zero-order valence-electron chi connectivity index (χ0n) is 11.3. The molecule has 0 spiro atoms. The highest BCUT2D eigenvalue weighted by Gasteiger charge is 2.33. The lowest BCUT2D eigenvalue weighted by Gasteiger charge is -2.24. The van der Waals surface area contributed by atoms with Gasteiger partial charge in [-0.25, -0.2) is 0 Å². The van der Waals surface area contributed by atoms with Crippen molar-refractivity contribution in [3.8, 4) is 0 Å². The second-order valence-electron chi connectivity index (χ2n) is 5.07. The number of hydrogen-bond acceptors (Lipinski definition) is 4. The summed E-state index contributed by atoms with van der Waals surface area (Å²) in [5.74, 6) is -0.372. The Bertz CT molecular complexity index is 307. The number of amides is 2. The molecule has 2 atom stereocenters. The van der Waals surface area contributed by atoms with Gasteiger partial charge in [0, 0.05) is 6.54 Å². The molecule has 1 aliphatic rings. The smallest absolute Gasteiger partial charge is 0.240 e. The van der Waals surface area contributed by atoms with Gasteiger partial charge >= 0.3 is 0 Å². The third-order valence-corrected chi connectivity index (χ3v) is 3.11. The lowest BCUT2D eigenvalue weighted by atomic mass is 10.0. The number of nitrogens with zero attached hydrogens (tertiary/aromatic N) is 1. The van der Waals surface area contributed by atoms with Crippen molar-refractivity contribution in [1.29, 1.82) is 0 Å². The minimum atomic E-state index is -0.600. The highest BCUT2D eigenvalue weighted by molar-refractivity contribution is 5.89. The van der Waals surface area contributed by atoms with Crippen LogP contribution in [-0.4, -0.2) is 42.6 Å². The van der Waals surface area contributed by atoms with E-state index < -0.39 is 11.9 Å². The van der Waals surface area contributed by atoms with Crippen LogP contribution in [0.15, 0.2) is 0 Å². The van der Waals surface area contributed by atoms with Crippen LogP contribution in [0.3, 0.4) is 0 Å². The van der Waals surface area contributed by atoms with Crippen LogP contribution >= 0.6 is 0 Å². The van der Waals surface area contributed by atoms with E-state index in [0.717, 1.165) is 19.4 Å². The molecule has 0 aromatic carbocycles. The summed E-state index contributed by atoms with van der Waals surface area (Å²) in [6.45, 7) is 4.71. The average molecular weight is 257 g/mol. The molecule has 104 valence electrons. The first-order valence-corrected chi connectivity index (χ1v) is 6.36. The maximum atomic E-state index is 12.1. The molecule has 1 heterocycles. The highest BCUT2D eigenvalue weighted by atomic mass is 16.7. The van der Waals surface area contributed by atoms with E-state index in [9.17, 15) is 9.59 Å². The fourth-order valence-corrected chi connectivity index (χ4v) is 2.21. The predicted molar refractivity (Wildman–Crippen MR) is 67.3 cm³/mol. The molecule has 0 aliphatic carbocycles. The summed E-state index contributed by atoms with van der Waals surface area (Å²) in [6, 6.07) is -0.916. The van der Waals surface area contributed by atoms with E-state index in [1.54, 1.807) is 12.2 Å². The molecule has 0 aromatic heterocycles. The third kappa shape index (κ3) is 3.96. The van der Waals surface area contributed by atoms with Gasteiger partial charge in [0.05, 0.1) is 7.11 Å². The molecular weight excluding hydrogens is 234 g/mol. The molecule has 1 saturated heterocycles. The van der Waals surface area contributed by atoms with E-state index in [4.69, 9.17) is 10.6 Å². The first-order valence-electron chi connectivity index (χ1n) is 6.36. The summed E-state index contributed by atoms with van der Waals surface area (Å²) in [4.78, 5) is 28.5. The summed E-state index contributed by atoms with van der Waals surface area (Å²) in [5.41, 5.74) is 5.30.